The van der Waals surface area contributed by atoms with Crippen LogP contribution in [0.3, 0.4) is 0 Å². The zero-order valence-electron chi connectivity index (χ0n) is 9.25. The summed E-state index contributed by atoms with van der Waals surface area (Å²) in [6.07, 6.45) is -1.47. The summed E-state index contributed by atoms with van der Waals surface area (Å²) in [4.78, 5) is 30.0. The van der Waals surface area contributed by atoms with Crippen molar-refractivity contribution in [2.24, 2.45) is 0 Å². The maximum Gasteiger partial charge on any atom is 0.343 e. The number of aliphatic carboxylic acids is 2. The van der Waals surface area contributed by atoms with Gasteiger partial charge in [0.2, 0.25) is 11.4 Å². The van der Waals surface area contributed by atoms with Crippen LogP contribution in [0.15, 0.2) is 0 Å². The molecule has 0 saturated carbocycles. The molecule has 0 rings (SSSR count). The fourth-order valence-corrected chi connectivity index (χ4v) is 0.512. The van der Waals surface area contributed by atoms with Crippen LogP contribution >= 0.6 is 0 Å². The van der Waals surface area contributed by atoms with Gasteiger partial charge in [0.05, 0.1) is 0 Å². The minimum atomic E-state index is -2.49. The summed E-state index contributed by atoms with van der Waals surface area (Å²) in [6.45, 7) is 1.14. The van der Waals surface area contributed by atoms with Crippen LogP contribution in [0, 0.1) is 0 Å². The third kappa shape index (κ3) is 8.96. The first-order valence-electron chi connectivity index (χ1n) is 4.08. The van der Waals surface area contributed by atoms with Gasteiger partial charge in [0, 0.05) is 21.7 Å². The Morgan fingerprint density at radius 3 is 1.59 bits per heavy atom. The molecule has 0 aliphatic rings. The molecule has 17 heavy (non-hydrogen) atoms. The number of ketones is 1. The quantitative estimate of drug-likeness (QED) is 0.289. The Labute approximate surface area is 112 Å². The first-order chi connectivity index (χ1) is 7.07. The van der Waals surface area contributed by atoms with Crippen molar-refractivity contribution in [1.82, 2.24) is 0 Å². The zero-order chi connectivity index (χ0) is 13.5. The topological polar surface area (TPSA) is 152 Å². The van der Waals surface area contributed by atoms with Crippen LogP contribution in [-0.2, 0) is 36.1 Å². The van der Waals surface area contributed by atoms with Crippen molar-refractivity contribution in [3.05, 3.63) is 0 Å². The molecule has 2 atom stereocenters. The summed E-state index contributed by atoms with van der Waals surface area (Å²) < 4.78 is 0. The second kappa shape index (κ2) is 9.26. The van der Waals surface area contributed by atoms with Crippen LogP contribution in [0.5, 0.6) is 0 Å². The average Bonchev–Trinajstić information content (AvgIpc) is 2.16. The van der Waals surface area contributed by atoms with Gasteiger partial charge in [-0.2, -0.15) is 0 Å². The Balaban J connectivity index is -0.000000280. The molecule has 9 heteroatoms. The first kappa shape index (κ1) is 21.5. The third-order valence-electron chi connectivity index (χ3n) is 1.41. The Morgan fingerprint density at radius 1 is 1.24 bits per heavy atom. The number of carboxylic acids is 2. The smallest absolute Gasteiger partial charge is 0.343 e. The molecule has 0 aromatic rings. The molecular formula is C8H14O8Ti. The van der Waals surface area contributed by atoms with E-state index < -0.39 is 36.0 Å². The van der Waals surface area contributed by atoms with Gasteiger partial charge in [0.25, 0.3) is 0 Å². The van der Waals surface area contributed by atoms with Gasteiger partial charge in [0.15, 0.2) is 0 Å². The predicted octanol–water partition coefficient (Wildman–Crippen LogP) is -2.17. The van der Waals surface area contributed by atoms with Crippen LogP contribution < -0.4 is 0 Å². The standard InChI is InChI=1S/C6H10O5.C2H4O3.Ti/c1-3(7)4(8)6(2,11)5(9)10;3-1-2(4)5;/h3,7,11H,1-2H3,(H,9,10);3H,1H2,(H,4,5);. The van der Waals surface area contributed by atoms with Crippen molar-refractivity contribution in [3.8, 4) is 0 Å². The summed E-state index contributed by atoms with van der Waals surface area (Å²) in [7, 11) is 0. The van der Waals surface area contributed by atoms with Gasteiger partial charge < -0.3 is 25.5 Å². The van der Waals surface area contributed by atoms with Gasteiger partial charge in [-0.05, 0) is 13.8 Å². The summed E-state index contributed by atoms with van der Waals surface area (Å²) in [5, 5.41) is 40.8. The third-order valence-corrected chi connectivity index (χ3v) is 1.41. The Hall–Kier alpha value is -0.796. The van der Waals surface area contributed by atoms with Gasteiger partial charge in [-0.15, -0.1) is 0 Å². The van der Waals surface area contributed by atoms with Crippen LogP contribution in [0.25, 0.3) is 0 Å². The molecular weight excluding hydrogens is 272 g/mol. The number of aliphatic hydroxyl groups is 3. The number of carboxylic acid groups (broad SMARTS) is 2. The minimum absolute atomic E-state index is 0. The number of rotatable bonds is 4. The van der Waals surface area contributed by atoms with E-state index >= 15 is 0 Å². The van der Waals surface area contributed by atoms with Crippen molar-refractivity contribution in [3.63, 3.8) is 0 Å². The number of hydrogen-bond acceptors (Lipinski definition) is 6. The molecule has 0 spiro atoms. The van der Waals surface area contributed by atoms with Crippen LogP contribution in [0.1, 0.15) is 13.8 Å². The Kier molecular flexibility index (Phi) is 11.7. The number of Topliss-reactive ketones (excluding diaryl/α,β-unsaturated/α-hetero) is 1. The van der Waals surface area contributed by atoms with Gasteiger partial charge >= 0.3 is 11.9 Å². The average molecular weight is 286 g/mol. The molecule has 0 aromatic carbocycles. The van der Waals surface area contributed by atoms with E-state index in [4.69, 9.17) is 30.3 Å². The van der Waals surface area contributed by atoms with Gasteiger partial charge in [-0.1, -0.05) is 0 Å². The van der Waals surface area contributed by atoms with Crippen molar-refractivity contribution in [2.75, 3.05) is 6.61 Å². The number of carbonyl (C=O) groups excluding carboxylic acids is 1. The van der Waals surface area contributed by atoms with Gasteiger partial charge in [-0.3, -0.25) is 4.79 Å². The van der Waals surface area contributed by atoms with E-state index in [0.29, 0.717) is 0 Å². The molecule has 0 fully saturated rings. The van der Waals surface area contributed by atoms with Crippen molar-refractivity contribution in [2.45, 2.75) is 25.6 Å². The summed E-state index contributed by atoms with van der Waals surface area (Å²) in [5.74, 6) is -3.97. The van der Waals surface area contributed by atoms with E-state index in [-0.39, 0.29) is 21.7 Å². The Morgan fingerprint density at radius 2 is 1.53 bits per heavy atom. The second-order valence-corrected chi connectivity index (χ2v) is 2.97. The molecule has 2 unspecified atom stereocenters. The predicted molar refractivity (Wildman–Crippen MR) is 49.7 cm³/mol. The molecule has 0 aromatic heterocycles. The molecule has 8 nitrogen and oxygen atoms in total. The zero-order valence-corrected chi connectivity index (χ0v) is 10.8. The molecule has 98 valence electrons. The van der Waals surface area contributed by atoms with Crippen LogP contribution in [0.4, 0.5) is 0 Å². The summed E-state index contributed by atoms with van der Waals surface area (Å²) >= 11 is 0. The van der Waals surface area contributed by atoms with Crippen molar-refractivity contribution in [1.29, 1.82) is 0 Å². The van der Waals surface area contributed by atoms with Crippen molar-refractivity contribution >= 4 is 17.7 Å². The molecule has 0 bridgehead atoms. The van der Waals surface area contributed by atoms with E-state index in [1.54, 1.807) is 0 Å². The van der Waals surface area contributed by atoms with Crippen LogP contribution in [-0.4, -0.2) is 61.6 Å². The molecule has 5 N–H and O–H groups in total. The van der Waals surface area contributed by atoms with Crippen LogP contribution in [0.2, 0.25) is 0 Å². The largest absolute Gasteiger partial charge is 0.480 e. The SMILES string of the molecule is CC(O)C(=O)C(C)(O)C(=O)O.O=C(O)CO.[Ti]. The normalized spacial score (nSPS) is 14.2. The molecule has 0 aliphatic carbocycles. The maximum absolute atomic E-state index is 10.7. The summed E-state index contributed by atoms with van der Waals surface area (Å²) in [5.41, 5.74) is -2.49. The minimum Gasteiger partial charge on any atom is -0.480 e. The molecule has 0 saturated heterocycles. The first-order valence-corrected chi connectivity index (χ1v) is 4.08. The monoisotopic (exact) mass is 286 g/mol. The fraction of sp³-hybridized carbons (Fsp3) is 0.625. The number of aliphatic hydroxyl groups excluding tert-OH is 2. The second-order valence-electron chi connectivity index (χ2n) is 2.97. The number of hydrogen-bond donors (Lipinski definition) is 5. The molecule has 0 amide bonds. The Bertz CT molecular complexity index is 273. The summed E-state index contributed by atoms with van der Waals surface area (Å²) in [6, 6.07) is 0. The molecule has 0 aliphatic heterocycles. The van der Waals surface area contributed by atoms with E-state index in [9.17, 15) is 9.59 Å². The van der Waals surface area contributed by atoms with E-state index in [1.807, 2.05) is 0 Å². The van der Waals surface area contributed by atoms with E-state index in [2.05, 4.69) is 0 Å². The fourth-order valence-electron chi connectivity index (χ4n) is 0.512. The van der Waals surface area contributed by atoms with Gasteiger partial charge in [-0.25, -0.2) is 9.59 Å². The van der Waals surface area contributed by atoms with Gasteiger partial charge in [0.1, 0.15) is 12.7 Å². The van der Waals surface area contributed by atoms with Crippen molar-refractivity contribution < 1.29 is 61.6 Å². The maximum atomic E-state index is 10.7. The number of carbonyl (C=O) groups is 3. The van der Waals surface area contributed by atoms with E-state index in [0.717, 1.165) is 13.8 Å². The molecule has 0 heterocycles. The molecule has 0 radical (unpaired) electrons. The van der Waals surface area contributed by atoms with E-state index in [1.165, 1.54) is 0 Å².